The number of rotatable bonds is 15. The minimum Gasteiger partial charge on any atom is -0.467 e. The highest BCUT2D eigenvalue weighted by Gasteiger charge is 2.46. The quantitative estimate of drug-likeness (QED) is 0.0532. The van der Waals surface area contributed by atoms with Crippen LogP contribution in [0.3, 0.4) is 0 Å². The van der Waals surface area contributed by atoms with Crippen LogP contribution >= 0.6 is 0 Å². The zero-order chi connectivity index (χ0) is 41.8. The van der Waals surface area contributed by atoms with Gasteiger partial charge in [0, 0.05) is 42.6 Å². The third kappa shape index (κ3) is 14.3. The van der Waals surface area contributed by atoms with E-state index in [1.165, 1.54) is 17.1 Å². The highest BCUT2D eigenvalue weighted by Crippen LogP contribution is 2.38. The maximum Gasteiger partial charge on any atom is 0.408 e. The lowest BCUT2D eigenvalue weighted by Gasteiger charge is -2.50. The highest BCUT2D eigenvalue weighted by molar-refractivity contribution is 6.03. The summed E-state index contributed by atoms with van der Waals surface area (Å²) >= 11 is 0. The number of benzene rings is 1. The Labute approximate surface area is 332 Å². The third-order valence-corrected chi connectivity index (χ3v) is 9.74. The van der Waals surface area contributed by atoms with E-state index in [9.17, 15) is 29.2 Å². The Morgan fingerprint density at radius 2 is 1.62 bits per heavy atom. The van der Waals surface area contributed by atoms with Gasteiger partial charge in [0.05, 0.1) is 13.2 Å². The molecule has 2 heterocycles. The second-order valence-corrected chi connectivity index (χ2v) is 17.4. The molecule has 14 nitrogen and oxygen atoms in total. The van der Waals surface area contributed by atoms with E-state index in [0.717, 1.165) is 5.56 Å². The number of carbonyl (C=O) groups is 5. The van der Waals surface area contributed by atoms with Crippen LogP contribution in [0.4, 0.5) is 9.59 Å². The van der Waals surface area contributed by atoms with E-state index in [2.05, 4.69) is 16.0 Å². The topological polar surface area (TPSA) is 176 Å². The van der Waals surface area contributed by atoms with Crippen molar-refractivity contribution < 1.29 is 43.4 Å². The third-order valence-electron chi connectivity index (χ3n) is 9.74. The van der Waals surface area contributed by atoms with Gasteiger partial charge in [-0.25, -0.2) is 14.4 Å². The van der Waals surface area contributed by atoms with E-state index in [1.807, 2.05) is 71.9 Å². The van der Waals surface area contributed by atoms with Gasteiger partial charge in [0.15, 0.2) is 0 Å². The van der Waals surface area contributed by atoms with Gasteiger partial charge in [-0.1, -0.05) is 56.3 Å². The number of likely N-dealkylation sites (tertiary alicyclic amines) is 1. The molecule has 2 fully saturated rings. The number of piperidine rings is 1. The van der Waals surface area contributed by atoms with E-state index >= 15 is 0 Å². The van der Waals surface area contributed by atoms with E-state index in [1.54, 1.807) is 39.0 Å². The number of hydroxylamine groups is 2. The molecule has 4 N–H and O–H groups in total. The molecule has 0 radical (unpaired) electrons. The maximum absolute atomic E-state index is 14.2. The van der Waals surface area contributed by atoms with Crippen molar-refractivity contribution in [1.29, 1.82) is 0 Å². The number of nitrogens with zero attached hydrogens (tertiary/aromatic N) is 2. The molecule has 0 unspecified atom stereocenters. The highest BCUT2D eigenvalue weighted by atomic mass is 16.6. The minimum atomic E-state index is -1.01. The lowest BCUT2D eigenvalue weighted by Crippen LogP contribution is -2.60. The number of carbonyl (C=O) groups excluding carboxylic acids is 5. The smallest absolute Gasteiger partial charge is 0.408 e. The van der Waals surface area contributed by atoms with Gasteiger partial charge in [-0.2, -0.15) is 5.06 Å². The first-order chi connectivity index (χ1) is 26.1. The molecule has 2 aliphatic heterocycles. The summed E-state index contributed by atoms with van der Waals surface area (Å²) in [5, 5.41) is 20.3. The maximum atomic E-state index is 14.2. The Kier molecular flexibility index (Phi) is 16.5. The summed E-state index contributed by atoms with van der Waals surface area (Å²) in [6.07, 6.45) is 6.66. The molecule has 0 bridgehead atoms. The molecule has 312 valence electrons. The summed E-state index contributed by atoms with van der Waals surface area (Å²) in [6, 6.07) is 7.08. The molecule has 0 saturated carbocycles. The van der Waals surface area contributed by atoms with Crippen molar-refractivity contribution in [1.82, 2.24) is 25.9 Å². The van der Waals surface area contributed by atoms with Crippen molar-refractivity contribution in [3.05, 3.63) is 53.6 Å². The van der Waals surface area contributed by atoms with Gasteiger partial charge in [0.1, 0.15) is 23.8 Å². The van der Waals surface area contributed by atoms with Gasteiger partial charge in [-0.15, -0.1) is 0 Å². The molecule has 56 heavy (non-hydrogen) atoms. The molecular weight excluding hydrogens is 718 g/mol. The normalized spacial score (nSPS) is 20.0. The van der Waals surface area contributed by atoms with Crippen LogP contribution in [-0.4, -0.2) is 106 Å². The summed E-state index contributed by atoms with van der Waals surface area (Å²) in [4.78, 5) is 67.7. The van der Waals surface area contributed by atoms with E-state index in [-0.39, 0.29) is 24.8 Å². The molecule has 3 atom stereocenters. The van der Waals surface area contributed by atoms with Crippen molar-refractivity contribution in [3.8, 4) is 0 Å². The summed E-state index contributed by atoms with van der Waals surface area (Å²) in [5.74, 6) is -1.26. The van der Waals surface area contributed by atoms with Crippen molar-refractivity contribution in [2.75, 3.05) is 20.2 Å². The Hall–Kier alpha value is -4.43. The fraction of sp³-hybridized carbons (Fsp3) is 0.643. The summed E-state index contributed by atoms with van der Waals surface area (Å²) in [5.41, 5.74) is -0.722. The molecule has 1 aromatic rings. The van der Waals surface area contributed by atoms with Crippen LogP contribution in [0.2, 0.25) is 0 Å². The Balaban J connectivity index is 1.69. The van der Waals surface area contributed by atoms with Gasteiger partial charge in [-0.05, 0) is 98.1 Å². The largest absolute Gasteiger partial charge is 0.467 e. The van der Waals surface area contributed by atoms with Crippen LogP contribution in [0, 0.1) is 5.92 Å². The average Bonchev–Trinajstić information content (AvgIpc) is 3.59. The molecule has 14 heteroatoms. The Morgan fingerprint density at radius 1 is 0.982 bits per heavy atom. The van der Waals surface area contributed by atoms with Crippen LogP contribution < -0.4 is 16.0 Å². The number of amides is 4. The average molecular weight is 784 g/mol. The van der Waals surface area contributed by atoms with Gasteiger partial charge >= 0.3 is 18.2 Å². The molecule has 0 aliphatic carbocycles. The Bertz CT molecular complexity index is 1550. The van der Waals surface area contributed by atoms with E-state index in [0.29, 0.717) is 50.6 Å². The van der Waals surface area contributed by atoms with Gasteiger partial charge in [0.25, 0.3) is 5.91 Å². The summed E-state index contributed by atoms with van der Waals surface area (Å²) in [7, 11) is 1.24. The Morgan fingerprint density at radius 3 is 2.21 bits per heavy atom. The zero-order valence-electron chi connectivity index (χ0n) is 35.0. The van der Waals surface area contributed by atoms with Gasteiger partial charge < -0.3 is 40.3 Å². The second-order valence-electron chi connectivity index (χ2n) is 17.4. The fourth-order valence-corrected chi connectivity index (χ4v) is 7.34. The van der Waals surface area contributed by atoms with Gasteiger partial charge in [0.2, 0.25) is 5.91 Å². The number of methoxy groups -OCH3 is 1. The van der Waals surface area contributed by atoms with Crippen LogP contribution in [0.1, 0.15) is 113 Å². The summed E-state index contributed by atoms with van der Waals surface area (Å²) < 4.78 is 16.1. The minimum absolute atomic E-state index is 0.173. The number of hydrogen-bond acceptors (Lipinski definition) is 10. The molecule has 0 aromatic heterocycles. The lowest BCUT2D eigenvalue weighted by atomic mass is 9.80. The van der Waals surface area contributed by atoms with Crippen molar-refractivity contribution >= 4 is 36.0 Å². The first-order valence-electron chi connectivity index (χ1n) is 19.7. The van der Waals surface area contributed by atoms with E-state index in [4.69, 9.17) is 14.2 Å². The number of ether oxygens (including phenoxy) is 3. The van der Waals surface area contributed by atoms with Crippen LogP contribution in [-0.2, 0) is 28.6 Å². The zero-order valence-corrected chi connectivity index (χ0v) is 35.0. The fourth-order valence-electron chi connectivity index (χ4n) is 7.34. The number of alkyl carbamates (subject to hydrolysis) is 2. The predicted molar refractivity (Wildman–Crippen MR) is 213 cm³/mol. The molecule has 0 spiro atoms. The molecule has 1 aromatic carbocycles. The van der Waals surface area contributed by atoms with Crippen LogP contribution in [0.5, 0.6) is 0 Å². The predicted octanol–water partition coefficient (Wildman–Crippen LogP) is 6.13. The van der Waals surface area contributed by atoms with Crippen LogP contribution in [0.15, 0.2) is 48.1 Å². The monoisotopic (exact) mass is 783 g/mol. The number of esters is 1. The first-order valence-corrected chi connectivity index (χ1v) is 19.7. The lowest BCUT2D eigenvalue weighted by molar-refractivity contribution is -0.256. The molecule has 4 amide bonds. The van der Waals surface area contributed by atoms with Crippen molar-refractivity contribution in [2.45, 2.75) is 148 Å². The molecular formula is C42H65N5O9. The van der Waals surface area contributed by atoms with Crippen LogP contribution in [0.25, 0.3) is 6.08 Å². The van der Waals surface area contributed by atoms with Crippen molar-refractivity contribution in [3.63, 3.8) is 0 Å². The number of nitrogens with one attached hydrogen (secondary N) is 3. The standard InChI is InChI=1S/C42H65N5O9/c1-28(2)24-31(44-39(52)56-40(3,4)5)21-20-30(25-29-16-12-11-13-17-29)36(49)46-23-15-19-34(46)35(48)45-33(37(50)54-10)18-14-22-43-38(51)55-32-26-41(6,7)47(53)42(8,9)27-32/h11-13,16-17,20-21,25,28,31-34,53H,14-15,18-19,22-24,26-27H2,1-10H3,(H,43,51)(H,44,52)(H,45,48)/b21-20+,30-25+/t31-,33+,34+/m1/s1. The molecule has 2 aliphatic rings. The SMILES string of the molecule is COC(=O)[C@H](CCCNC(=O)OC1CC(C)(C)N(O)C(C)(C)C1)NC(=O)[C@@H]1CCCN1C(=O)C(/C=C/[C@H](CC(C)C)NC(=O)OC(C)(C)C)=C/c1ccccc1. The van der Waals surface area contributed by atoms with Gasteiger partial charge in [-0.3, -0.25) is 9.59 Å². The van der Waals surface area contributed by atoms with E-state index < -0.39 is 65.0 Å². The number of hydrogen-bond donors (Lipinski definition) is 4. The van der Waals surface area contributed by atoms with Crippen molar-refractivity contribution in [2.24, 2.45) is 5.92 Å². The second kappa shape index (κ2) is 20.1. The first kappa shape index (κ1) is 46.0. The molecule has 2 saturated heterocycles. The molecule has 3 rings (SSSR count). The summed E-state index contributed by atoms with van der Waals surface area (Å²) in [6.45, 7) is 17.5.